The number of para-hydroxylation sites is 2. The predicted octanol–water partition coefficient (Wildman–Crippen LogP) is 0.463. The van der Waals surface area contributed by atoms with Gasteiger partial charge in [-0.2, -0.15) is 0 Å². The van der Waals surface area contributed by atoms with Gasteiger partial charge in [0.25, 0.3) is 5.91 Å². The van der Waals surface area contributed by atoms with Gasteiger partial charge in [-0.15, -0.1) is 0 Å². The van der Waals surface area contributed by atoms with Crippen LogP contribution in [0.15, 0.2) is 24.3 Å². The zero-order valence-electron chi connectivity index (χ0n) is 16.9. The molecule has 2 heterocycles. The van der Waals surface area contributed by atoms with Gasteiger partial charge in [0.2, 0.25) is 5.91 Å². The molecule has 0 bridgehead atoms. The van der Waals surface area contributed by atoms with E-state index in [1.807, 2.05) is 20.8 Å². The zero-order valence-corrected chi connectivity index (χ0v) is 16.9. The molecular weight excluding hydrogens is 362 g/mol. The first-order valence-electron chi connectivity index (χ1n) is 9.53. The van der Waals surface area contributed by atoms with E-state index in [1.54, 1.807) is 29.2 Å². The number of piperazine rings is 1. The van der Waals surface area contributed by atoms with Crippen molar-refractivity contribution >= 4 is 23.6 Å². The maximum Gasteiger partial charge on any atom is 0.410 e. The average molecular weight is 390 g/mol. The summed E-state index contributed by atoms with van der Waals surface area (Å²) in [5.74, 6) is 0.0615. The highest BCUT2D eigenvalue weighted by molar-refractivity contribution is 6.22. The van der Waals surface area contributed by atoms with Gasteiger partial charge in [-0.3, -0.25) is 14.5 Å². The minimum atomic E-state index is -0.538. The van der Waals surface area contributed by atoms with Crippen molar-refractivity contribution in [3.8, 4) is 5.75 Å². The molecule has 8 heteroatoms. The lowest BCUT2D eigenvalue weighted by Gasteiger charge is -2.35. The zero-order chi connectivity index (χ0) is 20.5. The number of nitrogens with zero attached hydrogens (tertiary/aromatic N) is 2. The molecule has 3 rings (SSSR count). The van der Waals surface area contributed by atoms with Gasteiger partial charge in [0.15, 0.2) is 6.04 Å². The van der Waals surface area contributed by atoms with Crippen LogP contribution in [0.5, 0.6) is 5.75 Å². The average Bonchev–Trinajstić information content (AvgIpc) is 2.94. The smallest absolute Gasteiger partial charge is 0.410 e. The number of imide groups is 1. The normalized spacial score (nSPS) is 21.2. The second-order valence-electron chi connectivity index (χ2n) is 8.12. The van der Waals surface area contributed by atoms with Crippen LogP contribution in [0.3, 0.4) is 0 Å². The van der Waals surface area contributed by atoms with Gasteiger partial charge in [-0.1, -0.05) is 12.1 Å². The second-order valence-corrected chi connectivity index (χ2v) is 8.12. The molecule has 152 valence electrons. The summed E-state index contributed by atoms with van der Waals surface area (Å²) >= 11 is 0. The Balaban J connectivity index is 1.66. The van der Waals surface area contributed by atoms with E-state index < -0.39 is 11.6 Å². The molecule has 2 aliphatic heterocycles. The number of quaternary nitrogens is 1. The van der Waals surface area contributed by atoms with Crippen molar-refractivity contribution in [3.63, 3.8) is 0 Å². The first kappa shape index (κ1) is 20.1. The maximum atomic E-state index is 13.0. The molecule has 2 saturated heterocycles. The number of carbonyl (C=O) groups is 3. The molecule has 2 aliphatic rings. The third kappa shape index (κ3) is 4.11. The molecule has 1 atom stereocenters. The summed E-state index contributed by atoms with van der Waals surface area (Å²) in [7, 11) is 1.52. The maximum absolute atomic E-state index is 13.0. The van der Waals surface area contributed by atoms with Gasteiger partial charge in [-0.25, -0.2) is 9.69 Å². The standard InChI is InChI=1S/C20H27N3O5/c1-20(2,3)28-19(26)22-11-9-21(10-12-22)15-13-17(24)23(18(15)25)14-7-5-6-8-16(14)27-4/h5-8,15H,9-13H2,1-4H3/p+1/t15-/m1/s1. The number of methoxy groups -OCH3 is 1. The van der Waals surface area contributed by atoms with Crippen LogP contribution < -0.4 is 14.5 Å². The van der Waals surface area contributed by atoms with Gasteiger partial charge in [0, 0.05) is 0 Å². The van der Waals surface area contributed by atoms with Crippen LogP contribution in [-0.4, -0.2) is 67.7 Å². The summed E-state index contributed by atoms with van der Waals surface area (Å²) in [6.07, 6.45) is -0.172. The SMILES string of the molecule is COc1ccccc1N1C(=O)C[C@@H]([NH+]2CCN(C(=O)OC(C)(C)C)CC2)C1=O. The molecule has 1 aromatic rings. The van der Waals surface area contributed by atoms with Crippen molar-refractivity contribution in [3.05, 3.63) is 24.3 Å². The highest BCUT2D eigenvalue weighted by atomic mass is 16.6. The predicted molar refractivity (Wildman–Crippen MR) is 102 cm³/mol. The number of ether oxygens (including phenoxy) is 2. The minimum Gasteiger partial charge on any atom is -0.495 e. The van der Waals surface area contributed by atoms with Gasteiger partial charge in [-0.05, 0) is 32.9 Å². The summed E-state index contributed by atoms with van der Waals surface area (Å²) < 4.78 is 10.7. The third-order valence-corrected chi connectivity index (χ3v) is 5.02. The Kier molecular flexibility index (Phi) is 5.60. The fourth-order valence-electron chi connectivity index (χ4n) is 3.67. The number of hydrogen-bond acceptors (Lipinski definition) is 5. The molecule has 0 spiro atoms. The molecule has 0 radical (unpaired) electrons. The van der Waals surface area contributed by atoms with Crippen LogP contribution in [0.2, 0.25) is 0 Å². The lowest BCUT2D eigenvalue weighted by Crippen LogP contribution is -3.19. The highest BCUT2D eigenvalue weighted by Gasteiger charge is 2.47. The molecule has 28 heavy (non-hydrogen) atoms. The number of nitrogens with one attached hydrogen (secondary N) is 1. The molecule has 0 unspecified atom stereocenters. The van der Waals surface area contributed by atoms with Crippen molar-refractivity contribution in [1.82, 2.24) is 4.90 Å². The molecule has 0 saturated carbocycles. The Labute approximate surface area is 165 Å². The largest absolute Gasteiger partial charge is 0.495 e. The van der Waals surface area contributed by atoms with E-state index in [4.69, 9.17) is 9.47 Å². The van der Waals surface area contributed by atoms with Crippen LogP contribution in [0.1, 0.15) is 27.2 Å². The van der Waals surface area contributed by atoms with E-state index in [0.717, 1.165) is 4.90 Å². The van der Waals surface area contributed by atoms with Gasteiger partial charge in [0.05, 0.1) is 45.4 Å². The minimum absolute atomic E-state index is 0.165. The summed E-state index contributed by atoms with van der Waals surface area (Å²) in [5.41, 5.74) is -0.0567. The highest BCUT2D eigenvalue weighted by Crippen LogP contribution is 2.31. The Morgan fingerprint density at radius 3 is 2.39 bits per heavy atom. The van der Waals surface area contributed by atoms with E-state index in [9.17, 15) is 14.4 Å². The van der Waals surface area contributed by atoms with Crippen LogP contribution in [0, 0.1) is 0 Å². The lowest BCUT2D eigenvalue weighted by atomic mass is 10.1. The van der Waals surface area contributed by atoms with E-state index in [2.05, 4.69) is 0 Å². The Morgan fingerprint density at radius 1 is 1.14 bits per heavy atom. The van der Waals surface area contributed by atoms with E-state index in [1.165, 1.54) is 12.0 Å². The van der Waals surface area contributed by atoms with E-state index >= 15 is 0 Å². The lowest BCUT2D eigenvalue weighted by molar-refractivity contribution is -0.918. The van der Waals surface area contributed by atoms with E-state index in [0.29, 0.717) is 37.6 Å². The molecular formula is C20H28N3O5+. The Morgan fingerprint density at radius 2 is 1.79 bits per heavy atom. The second kappa shape index (κ2) is 7.79. The van der Waals surface area contributed by atoms with Gasteiger partial charge >= 0.3 is 6.09 Å². The number of carbonyl (C=O) groups excluding carboxylic acids is 3. The molecule has 8 nitrogen and oxygen atoms in total. The Hall–Kier alpha value is -2.61. The molecule has 0 aromatic heterocycles. The first-order valence-corrected chi connectivity index (χ1v) is 9.53. The van der Waals surface area contributed by atoms with Gasteiger partial charge in [0.1, 0.15) is 11.4 Å². The molecule has 1 N–H and O–H groups in total. The van der Waals surface area contributed by atoms with Gasteiger partial charge < -0.3 is 14.4 Å². The fourth-order valence-corrected chi connectivity index (χ4v) is 3.67. The van der Waals surface area contributed by atoms with Crippen molar-refractivity contribution in [2.75, 3.05) is 38.2 Å². The number of amides is 3. The monoisotopic (exact) mass is 390 g/mol. The summed E-state index contributed by atoms with van der Waals surface area (Å²) in [4.78, 5) is 41.7. The van der Waals surface area contributed by atoms with Crippen molar-refractivity contribution < 1.29 is 28.8 Å². The topological polar surface area (TPSA) is 80.6 Å². The van der Waals surface area contributed by atoms with Crippen LogP contribution in [0.25, 0.3) is 0 Å². The van der Waals surface area contributed by atoms with Crippen LogP contribution >= 0.6 is 0 Å². The van der Waals surface area contributed by atoms with Crippen LogP contribution in [0.4, 0.5) is 10.5 Å². The van der Waals surface area contributed by atoms with Crippen molar-refractivity contribution in [1.29, 1.82) is 0 Å². The quantitative estimate of drug-likeness (QED) is 0.759. The van der Waals surface area contributed by atoms with E-state index in [-0.39, 0.29) is 24.3 Å². The molecule has 3 amide bonds. The first-order chi connectivity index (χ1) is 13.2. The van der Waals surface area contributed by atoms with Crippen molar-refractivity contribution in [2.45, 2.75) is 38.8 Å². The number of anilines is 1. The van der Waals surface area contributed by atoms with Crippen LogP contribution in [-0.2, 0) is 14.3 Å². The molecule has 0 aliphatic carbocycles. The summed E-state index contributed by atoms with van der Waals surface area (Å²) in [5, 5.41) is 0. The summed E-state index contributed by atoms with van der Waals surface area (Å²) in [6, 6.07) is 6.59. The third-order valence-electron chi connectivity index (χ3n) is 5.02. The number of rotatable bonds is 3. The fraction of sp³-hybridized carbons (Fsp3) is 0.550. The Bertz CT molecular complexity index is 765. The number of benzene rings is 1. The van der Waals surface area contributed by atoms with Crippen molar-refractivity contribution in [2.24, 2.45) is 0 Å². The summed E-state index contributed by atoms with van der Waals surface area (Å²) in [6.45, 7) is 7.70. The molecule has 1 aromatic carbocycles. The number of hydrogen-bond donors (Lipinski definition) is 1. The molecule has 2 fully saturated rings.